The Morgan fingerprint density at radius 1 is 1.14 bits per heavy atom. The van der Waals surface area contributed by atoms with E-state index in [0.29, 0.717) is 5.92 Å². The second kappa shape index (κ2) is 7.45. The second-order valence-corrected chi connectivity index (χ2v) is 5.66. The largest absolute Gasteiger partial charge is 0.0870 e. The van der Waals surface area contributed by atoms with E-state index < -0.39 is 0 Å². The quantitative estimate of drug-likeness (QED) is 0.560. The van der Waals surface area contributed by atoms with E-state index in [1.165, 1.54) is 27.5 Å². The number of rotatable bonds is 2. The van der Waals surface area contributed by atoms with Crippen molar-refractivity contribution in [3.05, 3.63) is 58.7 Å². The van der Waals surface area contributed by atoms with Crippen molar-refractivity contribution in [3.63, 3.8) is 0 Å². The Morgan fingerprint density at radius 3 is 2.45 bits per heavy atom. The summed E-state index contributed by atoms with van der Waals surface area (Å²) in [5, 5.41) is 2.79. The number of hydrogen-bond acceptors (Lipinski definition) is 0. The van der Waals surface area contributed by atoms with Crippen molar-refractivity contribution in [2.45, 2.75) is 53.4 Å². The van der Waals surface area contributed by atoms with Gasteiger partial charge in [0.05, 0.1) is 0 Å². The molecule has 1 aliphatic rings. The summed E-state index contributed by atoms with van der Waals surface area (Å²) < 4.78 is 0. The molecule has 0 heterocycles. The van der Waals surface area contributed by atoms with Gasteiger partial charge in [-0.25, -0.2) is 0 Å². The van der Waals surface area contributed by atoms with E-state index >= 15 is 0 Å². The molecule has 0 aliphatic heterocycles. The fourth-order valence-electron chi connectivity index (χ4n) is 3.56. The molecule has 22 heavy (non-hydrogen) atoms. The smallest absolute Gasteiger partial charge is 0.0102 e. The van der Waals surface area contributed by atoms with Crippen LogP contribution in [0.15, 0.2) is 36.4 Å². The molecule has 2 aromatic carbocycles. The van der Waals surface area contributed by atoms with E-state index in [0.717, 1.165) is 12.8 Å². The molecule has 0 fully saturated rings. The van der Waals surface area contributed by atoms with Gasteiger partial charge in [0.15, 0.2) is 0 Å². The summed E-state index contributed by atoms with van der Waals surface area (Å²) in [7, 11) is 0. The van der Waals surface area contributed by atoms with Crippen molar-refractivity contribution in [1.82, 2.24) is 0 Å². The number of allylic oxidation sites excluding steroid dienone is 2. The van der Waals surface area contributed by atoms with Crippen LogP contribution in [0.25, 0.3) is 22.9 Å². The molecule has 1 unspecified atom stereocenters. The maximum absolute atomic E-state index is 2.36. The minimum Gasteiger partial charge on any atom is -0.0870 e. The summed E-state index contributed by atoms with van der Waals surface area (Å²) >= 11 is 0. The van der Waals surface area contributed by atoms with E-state index in [-0.39, 0.29) is 0 Å². The highest BCUT2D eigenvalue weighted by molar-refractivity contribution is 5.99. The van der Waals surface area contributed by atoms with Gasteiger partial charge in [0.25, 0.3) is 0 Å². The molecule has 0 radical (unpaired) electrons. The van der Waals surface area contributed by atoms with Crippen LogP contribution in [-0.4, -0.2) is 0 Å². The average Bonchev–Trinajstić information content (AvgIpc) is 2.58. The molecule has 0 heteroatoms. The SMILES string of the molecule is C/C=C\c1c(CC)c2c(c3ccccc13)C=CCC2C.CC. The lowest BCUT2D eigenvalue weighted by molar-refractivity contribution is 0.760. The molecular weight excluding hydrogens is 264 g/mol. The van der Waals surface area contributed by atoms with Crippen molar-refractivity contribution in [2.24, 2.45) is 0 Å². The molecule has 1 atom stereocenters. The Hall–Kier alpha value is -1.82. The molecule has 0 saturated carbocycles. The Labute approximate surface area is 135 Å². The van der Waals surface area contributed by atoms with Crippen LogP contribution in [-0.2, 0) is 6.42 Å². The van der Waals surface area contributed by atoms with Gasteiger partial charge in [-0.3, -0.25) is 0 Å². The Balaban J connectivity index is 0.000000847. The number of benzene rings is 2. The molecule has 116 valence electrons. The number of fused-ring (bicyclic) bond motifs is 3. The van der Waals surface area contributed by atoms with Crippen molar-refractivity contribution < 1.29 is 0 Å². The molecule has 2 aromatic rings. The first-order valence-electron chi connectivity index (χ1n) is 8.64. The highest BCUT2D eigenvalue weighted by Crippen LogP contribution is 2.40. The van der Waals surface area contributed by atoms with Gasteiger partial charge in [-0.05, 0) is 58.7 Å². The van der Waals surface area contributed by atoms with Crippen LogP contribution in [0, 0.1) is 0 Å². The molecule has 0 N–H and O–H groups in total. The minimum atomic E-state index is 0.624. The van der Waals surface area contributed by atoms with Gasteiger partial charge in [0, 0.05) is 0 Å². The Bertz CT molecular complexity index is 687. The predicted molar refractivity (Wildman–Crippen MR) is 101 cm³/mol. The molecular formula is C22H28. The maximum atomic E-state index is 2.36. The van der Waals surface area contributed by atoms with Crippen molar-refractivity contribution in [2.75, 3.05) is 0 Å². The lowest BCUT2D eigenvalue weighted by atomic mass is 9.79. The van der Waals surface area contributed by atoms with Crippen LogP contribution in [0.3, 0.4) is 0 Å². The van der Waals surface area contributed by atoms with Crippen LogP contribution < -0.4 is 0 Å². The maximum Gasteiger partial charge on any atom is -0.0102 e. The van der Waals surface area contributed by atoms with E-state index in [1.807, 2.05) is 13.8 Å². The summed E-state index contributed by atoms with van der Waals surface area (Å²) in [5.74, 6) is 0.624. The molecule has 0 nitrogen and oxygen atoms in total. The lowest BCUT2D eigenvalue weighted by Crippen LogP contribution is -2.07. The van der Waals surface area contributed by atoms with Crippen LogP contribution in [0.4, 0.5) is 0 Å². The standard InChI is InChI=1S/C20H22.C2H6/c1-4-9-16-15(5-2)20-14(3)10-8-13-19(20)18-12-7-6-11-17(16)18;1-2/h4,6-9,11-14H,5,10H2,1-3H3;1-2H3/b9-4-;. The lowest BCUT2D eigenvalue weighted by Gasteiger charge is -2.25. The minimum absolute atomic E-state index is 0.624. The van der Waals surface area contributed by atoms with Crippen LogP contribution in [0.5, 0.6) is 0 Å². The molecule has 0 spiro atoms. The second-order valence-electron chi connectivity index (χ2n) is 5.66. The Kier molecular flexibility index (Phi) is 5.60. The highest BCUT2D eigenvalue weighted by atomic mass is 14.2. The highest BCUT2D eigenvalue weighted by Gasteiger charge is 2.21. The zero-order chi connectivity index (χ0) is 16.1. The van der Waals surface area contributed by atoms with E-state index in [4.69, 9.17) is 0 Å². The third-order valence-corrected chi connectivity index (χ3v) is 4.40. The van der Waals surface area contributed by atoms with E-state index in [1.54, 1.807) is 5.56 Å². The first-order chi connectivity index (χ1) is 10.8. The van der Waals surface area contributed by atoms with Crippen molar-refractivity contribution >= 4 is 22.9 Å². The zero-order valence-electron chi connectivity index (χ0n) is 14.6. The zero-order valence-corrected chi connectivity index (χ0v) is 14.6. The van der Waals surface area contributed by atoms with Gasteiger partial charge in [0.2, 0.25) is 0 Å². The van der Waals surface area contributed by atoms with Crippen molar-refractivity contribution in [1.29, 1.82) is 0 Å². The van der Waals surface area contributed by atoms with Gasteiger partial charge in [-0.1, -0.05) is 76.3 Å². The summed E-state index contributed by atoms with van der Waals surface area (Å²) in [4.78, 5) is 0. The molecule has 0 amide bonds. The third kappa shape index (κ3) is 2.75. The number of hydrogen-bond donors (Lipinski definition) is 0. The van der Waals surface area contributed by atoms with Crippen LogP contribution in [0.2, 0.25) is 0 Å². The topological polar surface area (TPSA) is 0 Å². The van der Waals surface area contributed by atoms with Gasteiger partial charge in [-0.2, -0.15) is 0 Å². The third-order valence-electron chi connectivity index (χ3n) is 4.40. The fraction of sp³-hybridized carbons (Fsp3) is 0.364. The predicted octanol–water partition coefficient (Wildman–Crippen LogP) is 6.98. The summed E-state index contributed by atoms with van der Waals surface area (Å²) in [5.41, 5.74) is 5.98. The monoisotopic (exact) mass is 292 g/mol. The van der Waals surface area contributed by atoms with Crippen LogP contribution in [0.1, 0.15) is 69.2 Å². The molecule has 1 aliphatic carbocycles. The van der Waals surface area contributed by atoms with Gasteiger partial charge in [0.1, 0.15) is 0 Å². The first-order valence-corrected chi connectivity index (χ1v) is 8.64. The summed E-state index contributed by atoms with van der Waals surface area (Å²) in [6.07, 6.45) is 11.4. The van der Waals surface area contributed by atoms with E-state index in [9.17, 15) is 0 Å². The fourth-order valence-corrected chi connectivity index (χ4v) is 3.56. The summed E-state index contributed by atoms with van der Waals surface area (Å²) in [6.45, 7) is 10.7. The average molecular weight is 292 g/mol. The van der Waals surface area contributed by atoms with Gasteiger partial charge < -0.3 is 0 Å². The summed E-state index contributed by atoms with van der Waals surface area (Å²) in [6, 6.07) is 8.83. The van der Waals surface area contributed by atoms with Gasteiger partial charge in [-0.15, -0.1) is 0 Å². The Morgan fingerprint density at radius 2 is 1.82 bits per heavy atom. The van der Waals surface area contributed by atoms with Gasteiger partial charge >= 0.3 is 0 Å². The first kappa shape index (κ1) is 16.5. The molecule has 0 bridgehead atoms. The van der Waals surface area contributed by atoms with Crippen molar-refractivity contribution in [3.8, 4) is 0 Å². The van der Waals surface area contributed by atoms with Crippen LogP contribution >= 0.6 is 0 Å². The normalized spacial score (nSPS) is 16.5. The molecule has 0 aromatic heterocycles. The molecule has 0 saturated heterocycles. The van der Waals surface area contributed by atoms with E-state index in [2.05, 4.69) is 69.3 Å². The molecule has 3 rings (SSSR count).